The lowest BCUT2D eigenvalue weighted by Crippen LogP contribution is -1.74. The maximum Gasteiger partial charge on any atom is 0.196 e. The standard InChI is InChI=1S/C3H9O2P.Al.3H/c1-5-6(2,3)4;;;;/h1-3H3;;;;. The Bertz CT molecular complexity index is 77.0. The smallest absolute Gasteiger partial charge is 0.196 e. The molecular weight excluding hydrogens is 126 g/mol. The van der Waals surface area contributed by atoms with Crippen molar-refractivity contribution in [2.24, 2.45) is 0 Å². The van der Waals surface area contributed by atoms with Gasteiger partial charge in [-0.2, -0.15) is 0 Å². The van der Waals surface area contributed by atoms with Gasteiger partial charge in [-0.1, -0.05) is 0 Å². The Labute approximate surface area is 54.8 Å². The highest BCUT2D eigenvalue weighted by Crippen LogP contribution is 2.35. The Morgan fingerprint density at radius 1 is 1.43 bits per heavy atom. The van der Waals surface area contributed by atoms with Crippen molar-refractivity contribution in [1.82, 2.24) is 0 Å². The number of rotatable bonds is 1. The predicted octanol–water partition coefficient (Wildman–Crippen LogP) is -0.0134. The van der Waals surface area contributed by atoms with E-state index in [4.69, 9.17) is 0 Å². The van der Waals surface area contributed by atoms with Gasteiger partial charge in [0.1, 0.15) is 0 Å². The molecule has 0 aliphatic carbocycles. The van der Waals surface area contributed by atoms with Crippen LogP contribution in [0.25, 0.3) is 0 Å². The fraction of sp³-hybridized carbons (Fsp3) is 1.00. The van der Waals surface area contributed by atoms with Gasteiger partial charge >= 0.3 is 0 Å². The first-order valence-electron chi connectivity index (χ1n) is 1.67. The van der Waals surface area contributed by atoms with Crippen molar-refractivity contribution in [3.8, 4) is 0 Å². The Kier molecular flexibility index (Phi) is 5.62. The highest BCUT2D eigenvalue weighted by atomic mass is 31.2. The molecule has 0 spiro atoms. The average molecular weight is 138 g/mol. The lowest BCUT2D eigenvalue weighted by molar-refractivity contribution is 0.404. The molecule has 0 N–H and O–H groups in total. The quantitative estimate of drug-likeness (QED) is 0.376. The molecule has 0 saturated carbocycles. The van der Waals surface area contributed by atoms with E-state index < -0.39 is 7.37 Å². The molecule has 4 heteroatoms. The summed E-state index contributed by atoms with van der Waals surface area (Å²) in [7, 11) is -0.701. The monoisotopic (exact) mass is 138 g/mol. The van der Waals surface area contributed by atoms with Crippen LogP contribution in [-0.2, 0) is 9.09 Å². The van der Waals surface area contributed by atoms with Crippen LogP contribution >= 0.6 is 7.37 Å². The topological polar surface area (TPSA) is 26.3 Å². The van der Waals surface area contributed by atoms with Crippen molar-refractivity contribution in [2.45, 2.75) is 0 Å². The van der Waals surface area contributed by atoms with Crippen LogP contribution in [-0.4, -0.2) is 37.8 Å². The molecule has 0 fully saturated rings. The van der Waals surface area contributed by atoms with Crippen LogP contribution < -0.4 is 0 Å². The zero-order chi connectivity index (χ0) is 5.21. The first-order chi connectivity index (χ1) is 2.56. The molecule has 0 atom stereocenters. The lowest BCUT2D eigenvalue weighted by atomic mass is 11.8. The number of hydrogen-bond acceptors (Lipinski definition) is 2. The molecular formula is C3H12AlO2P. The van der Waals surface area contributed by atoms with Gasteiger partial charge in [0, 0.05) is 20.4 Å². The van der Waals surface area contributed by atoms with Gasteiger partial charge in [0.05, 0.1) is 0 Å². The average Bonchev–Trinajstić information content (AvgIpc) is 1.35. The summed E-state index contributed by atoms with van der Waals surface area (Å²) in [5, 5.41) is 0. The summed E-state index contributed by atoms with van der Waals surface area (Å²) in [5.41, 5.74) is 0. The second-order valence-electron chi connectivity index (χ2n) is 1.43. The normalized spacial score (nSPS) is 10.1. The third-order valence-corrected chi connectivity index (χ3v) is 1.32. The van der Waals surface area contributed by atoms with E-state index in [0.29, 0.717) is 0 Å². The summed E-state index contributed by atoms with van der Waals surface area (Å²) >= 11 is 0. The third kappa shape index (κ3) is 10.8. The van der Waals surface area contributed by atoms with Crippen molar-refractivity contribution in [1.29, 1.82) is 0 Å². The molecule has 2 nitrogen and oxygen atoms in total. The molecule has 0 aliphatic heterocycles. The first-order valence-corrected chi connectivity index (χ1v) is 4.19. The summed E-state index contributed by atoms with van der Waals surface area (Å²) in [6, 6.07) is 0. The Morgan fingerprint density at radius 2 is 1.57 bits per heavy atom. The molecule has 0 bridgehead atoms. The molecule has 0 saturated heterocycles. The highest BCUT2D eigenvalue weighted by molar-refractivity contribution is 7.57. The first kappa shape index (κ1) is 10.7. The third-order valence-electron chi connectivity index (χ3n) is 0.440. The zero-order valence-electron chi connectivity index (χ0n) is 4.26. The van der Waals surface area contributed by atoms with Crippen LogP contribution in [0.2, 0.25) is 0 Å². The Hall–Kier alpha value is 0.722. The number of hydrogen-bond donors (Lipinski definition) is 0. The molecule has 0 aromatic carbocycles. The van der Waals surface area contributed by atoms with Crippen molar-refractivity contribution < 1.29 is 9.09 Å². The molecule has 0 aromatic heterocycles. The molecule has 44 valence electrons. The van der Waals surface area contributed by atoms with E-state index in [1.165, 1.54) is 7.11 Å². The maximum atomic E-state index is 10.4. The van der Waals surface area contributed by atoms with E-state index in [1.807, 2.05) is 0 Å². The van der Waals surface area contributed by atoms with Gasteiger partial charge in [-0.05, 0) is 0 Å². The van der Waals surface area contributed by atoms with Crippen LogP contribution in [0, 0.1) is 0 Å². The molecule has 0 heterocycles. The van der Waals surface area contributed by atoms with Gasteiger partial charge in [-0.3, -0.25) is 4.57 Å². The fourth-order valence-electron chi connectivity index (χ4n) is 0. The van der Waals surface area contributed by atoms with Gasteiger partial charge < -0.3 is 4.52 Å². The molecule has 0 aliphatic rings. The van der Waals surface area contributed by atoms with Gasteiger partial charge in [-0.15, -0.1) is 0 Å². The second-order valence-corrected chi connectivity index (χ2v) is 4.30. The van der Waals surface area contributed by atoms with Gasteiger partial charge in [0.15, 0.2) is 24.7 Å². The Morgan fingerprint density at radius 3 is 1.57 bits per heavy atom. The lowest BCUT2D eigenvalue weighted by Gasteiger charge is -1.98. The summed E-state index contributed by atoms with van der Waals surface area (Å²) in [6.07, 6.45) is 0. The summed E-state index contributed by atoms with van der Waals surface area (Å²) in [4.78, 5) is 0. The summed E-state index contributed by atoms with van der Waals surface area (Å²) in [5.74, 6) is 0. The SMILES string of the molecule is COP(C)(C)=O.[AlH3]. The van der Waals surface area contributed by atoms with Crippen molar-refractivity contribution in [3.05, 3.63) is 0 Å². The van der Waals surface area contributed by atoms with Crippen LogP contribution in [0.4, 0.5) is 0 Å². The van der Waals surface area contributed by atoms with Crippen LogP contribution in [0.3, 0.4) is 0 Å². The predicted molar refractivity (Wildman–Crippen MR) is 36.4 cm³/mol. The molecule has 0 rings (SSSR count). The van der Waals surface area contributed by atoms with E-state index in [0.717, 1.165) is 0 Å². The molecule has 0 unspecified atom stereocenters. The van der Waals surface area contributed by atoms with Gasteiger partial charge in [0.2, 0.25) is 0 Å². The molecule has 0 aromatic rings. The van der Waals surface area contributed by atoms with Crippen molar-refractivity contribution >= 4 is 24.7 Å². The van der Waals surface area contributed by atoms with Crippen molar-refractivity contribution in [2.75, 3.05) is 20.4 Å². The van der Waals surface area contributed by atoms with Crippen LogP contribution in [0.15, 0.2) is 0 Å². The van der Waals surface area contributed by atoms with E-state index in [1.54, 1.807) is 13.3 Å². The molecule has 0 amide bonds. The maximum absolute atomic E-state index is 10.4. The largest absolute Gasteiger partial charge is 0.332 e. The fourth-order valence-corrected chi connectivity index (χ4v) is 0. The molecule has 7 heavy (non-hydrogen) atoms. The summed E-state index contributed by atoms with van der Waals surface area (Å²) in [6.45, 7) is 3.15. The van der Waals surface area contributed by atoms with Crippen molar-refractivity contribution in [3.63, 3.8) is 0 Å². The zero-order valence-corrected chi connectivity index (χ0v) is 5.16. The van der Waals surface area contributed by atoms with Gasteiger partial charge in [-0.25, -0.2) is 0 Å². The Balaban J connectivity index is 0. The minimum atomic E-state index is -2.15. The van der Waals surface area contributed by atoms with Gasteiger partial charge in [0.25, 0.3) is 0 Å². The summed E-state index contributed by atoms with van der Waals surface area (Å²) < 4.78 is 14.9. The van der Waals surface area contributed by atoms with E-state index in [2.05, 4.69) is 4.52 Å². The van der Waals surface area contributed by atoms with Crippen LogP contribution in [0.1, 0.15) is 0 Å². The minimum absolute atomic E-state index is 0. The van der Waals surface area contributed by atoms with Crippen LogP contribution in [0.5, 0.6) is 0 Å². The minimum Gasteiger partial charge on any atom is -0.332 e. The van der Waals surface area contributed by atoms with E-state index >= 15 is 0 Å². The highest BCUT2D eigenvalue weighted by Gasteiger charge is 1.99. The second kappa shape index (κ2) is 3.69. The van der Waals surface area contributed by atoms with E-state index in [-0.39, 0.29) is 17.4 Å². The molecule has 0 radical (unpaired) electrons. The van der Waals surface area contributed by atoms with E-state index in [9.17, 15) is 4.57 Å².